The Hall–Kier alpha value is -10.9. The summed E-state index contributed by atoms with van der Waals surface area (Å²) in [4.78, 5) is 132. The molecule has 0 saturated heterocycles. The molecule has 752 valence electrons. The van der Waals surface area contributed by atoms with Crippen LogP contribution >= 0.6 is 107 Å². The summed E-state index contributed by atoms with van der Waals surface area (Å²) in [6, 6.07) is 52.3. The Morgan fingerprint density at radius 1 is 0.373 bits per heavy atom. The Morgan fingerprint density at radius 2 is 0.669 bits per heavy atom. The summed E-state index contributed by atoms with van der Waals surface area (Å²) in [6.07, 6.45) is 2.40. The van der Waals surface area contributed by atoms with E-state index >= 15 is 0 Å². The molecule has 0 saturated carbocycles. The Labute approximate surface area is 868 Å². The Morgan fingerprint density at radius 3 is 0.972 bits per heavy atom. The summed E-state index contributed by atoms with van der Waals surface area (Å²) in [6.45, 7) is 18.3. The van der Waals surface area contributed by atoms with Crippen LogP contribution < -0.4 is 16.0 Å². The molecule has 12 aromatic rings. The van der Waals surface area contributed by atoms with E-state index in [9.17, 15) is 58.5 Å². The van der Waals surface area contributed by atoms with Crippen molar-refractivity contribution in [3.63, 3.8) is 0 Å². The normalized spacial score (nSPS) is 11.5. The number of amides is 3. The zero-order valence-electron chi connectivity index (χ0n) is 79.9. The summed E-state index contributed by atoms with van der Waals surface area (Å²) in [5, 5.41) is 108. The number of aromatic hydroxyl groups is 3. The quantitative estimate of drug-likeness (QED) is 0.0124. The maximum Gasteiger partial charge on any atom is 0.251 e. The Kier molecular flexibility index (Phi) is 46.9. The molecule has 3 amide bonds. The van der Waals surface area contributed by atoms with Gasteiger partial charge in [-0.3, -0.25) is 67.8 Å². The van der Waals surface area contributed by atoms with E-state index in [4.69, 9.17) is 59.3 Å². The Balaban J connectivity index is 0.000000221. The van der Waals surface area contributed by atoms with Crippen LogP contribution in [0.3, 0.4) is 0 Å². The molecule has 27 nitrogen and oxygen atoms in total. The zero-order chi connectivity index (χ0) is 103. The highest BCUT2D eigenvalue weighted by Gasteiger charge is 2.24. The monoisotopic (exact) mass is 2150 g/mol. The lowest BCUT2D eigenvalue weighted by Gasteiger charge is -2.20. The van der Waals surface area contributed by atoms with Crippen LogP contribution in [0.2, 0.25) is 10.0 Å². The maximum atomic E-state index is 12.9. The van der Waals surface area contributed by atoms with Crippen molar-refractivity contribution in [2.24, 2.45) is 9.98 Å². The van der Waals surface area contributed by atoms with Gasteiger partial charge in [-0.2, -0.15) is 0 Å². The predicted molar refractivity (Wildman–Crippen MR) is 575 cm³/mol. The lowest BCUT2D eigenvalue weighted by Crippen LogP contribution is -2.37. The number of aliphatic hydroxyl groups is 6. The molecule has 6 aromatic carbocycles. The van der Waals surface area contributed by atoms with Crippen LogP contribution in [0.15, 0.2) is 207 Å². The van der Waals surface area contributed by atoms with Gasteiger partial charge in [-0.05, 0) is 188 Å². The van der Waals surface area contributed by atoms with Gasteiger partial charge in [0.15, 0.2) is 34.7 Å². The number of thiophene rings is 6. The van der Waals surface area contributed by atoms with E-state index in [1.54, 1.807) is 117 Å². The molecule has 36 heteroatoms. The standard InChI is InChI=1S/C34H36BrN3O6S2.C34H35Cl2N3O6S2.C22H28N2O5S.C16H19NOS/c1-22(27-21-45-33(32(27)43)24-7-9-26(35)10-8-24)37-20-29(42)31-13-12-30(46-31)28(41)11-4-23-2-5-25(6-3-23)34(44)36-14-15-38(16-18-39)17-19-40;1-21(25-20-46-33(32(25)44)24-7-8-26(35)27(36)18-24)38-19-29(43)31-11-10-30(47-31)28(42)9-4-22-2-5-23(6-3-22)34(45)37-12-13-39(14-16-40)15-17-41;1-16(27)20-8-9-21(30-20)19(28)7-4-17-2-5-18(6-3-17)22(29)23-10-11-24(12-14-25)13-15-26;1-10(17)13-9-19-15(14(13)18)11-5-7-12(8-6-11)16(2,3)4/h2-3,5-10,12-13,21,39-40,43H,4,11,14-20H2,1H3,(H,36,44);2-3,5-8,10-11,18,20,40-41,44H,4,9,12-17,19H2,1H3,(H,37,45);2-3,5-6,8-9,25-26H,4,7,10-15H2,1H3,(H,23,29);5-9,17-18H,1-4H3. The topological polar surface area (TPSA) is 430 Å². The van der Waals surface area contributed by atoms with Gasteiger partial charge >= 0.3 is 0 Å². The fraction of sp³-hybridized carbons (Fsp3) is 0.321. The molecule has 0 aliphatic carbocycles. The third-order valence-electron chi connectivity index (χ3n) is 22.4. The maximum absolute atomic E-state index is 12.9. The van der Waals surface area contributed by atoms with Crippen LogP contribution in [0.4, 0.5) is 0 Å². The fourth-order valence-corrected chi connectivity index (χ4v) is 20.5. The number of aliphatic hydroxyl groups excluding tert-OH is 6. The van der Waals surface area contributed by atoms with Gasteiger partial charge in [0.05, 0.1) is 93.6 Å². The van der Waals surface area contributed by atoms with Gasteiger partial charge < -0.3 is 67.3 Å². The number of carbonyl (C=O) groups is 9. The van der Waals surface area contributed by atoms with Crippen LogP contribution in [0, 0.1) is 5.41 Å². The van der Waals surface area contributed by atoms with Crippen molar-refractivity contribution < 1.29 is 89.1 Å². The third kappa shape index (κ3) is 35.2. The number of aryl methyl sites for hydroxylation is 3. The largest absolute Gasteiger partial charge is 0.506 e. The second-order valence-electron chi connectivity index (χ2n) is 33.8. The van der Waals surface area contributed by atoms with Gasteiger partial charge in [0.2, 0.25) is 0 Å². The molecule has 13 N–H and O–H groups in total. The van der Waals surface area contributed by atoms with Crippen molar-refractivity contribution in [1.82, 2.24) is 30.7 Å². The second kappa shape index (κ2) is 58.1. The molecule has 12 rings (SSSR count). The van der Waals surface area contributed by atoms with Gasteiger partial charge in [0, 0.05) is 169 Å². The number of halogens is 3. The van der Waals surface area contributed by atoms with Gasteiger partial charge in [-0.15, -0.1) is 68.0 Å². The first-order valence-corrected chi connectivity index (χ1v) is 52.4. The highest BCUT2D eigenvalue weighted by molar-refractivity contribution is 9.10. The Bertz CT molecular complexity index is 6290. The number of hydrogen-bond donors (Lipinski definition) is 13. The number of carbonyl (C=O) groups excluding carboxylic acids is 9. The number of nitrogens with one attached hydrogen (secondary N) is 4. The van der Waals surface area contributed by atoms with Crippen LogP contribution in [-0.2, 0) is 24.7 Å². The van der Waals surface area contributed by atoms with Gasteiger partial charge in [0.1, 0.15) is 30.3 Å². The van der Waals surface area contributed by atoms with E-state index in [2.05, 4.69) is 74.8 Å². The van der Waals surface area contributed by atoms with Gasteiger partial charge in [0.25, 0.3) is 17.7 Å². The first-order chi connectivity index (χ1) is 68.0. The molecule has 0 aliphatic heterocycles. The first-order valence-electron chi connectivity index (χ1n) is 45.8. The lowest BCUT2D eigenvalue weighted by atomic mass is 9.86. The van der Waals surface area contributed by atoms with Crippen LogP contribution in [0.5, 0.6) is 17.2 Å². The molecule has 0 aliphatic rings. The molecular formula is C106H118BrCl2N9O18S6. The van der Waals surface area contributed by atoms with E-state index in [0.717, 1.165) is 70.3 Å². The van der Waals surface area contributed by atoms with Crippen LogP contribution in [-0.4, -0.2) is 261 Å². The average molecular weight is 2150 g/mol. The molecule has 0 unspecified atom stereocenters. The smallest absolute Gasteiger partial charge is 0.251 e. The summed E-state index contributed by atoms with van der Waals surface area (Å²) in [7, 11) is 0. The van der Waals surface area contributed by atoms with Gasteiger partial charge in [-0.25, -0.2) is 0 Å². The molecule has 0 atom stereocenters. The van der Waals surface area contributed by atoms with Crippen molar-refractivity contribution in [3.8, 4) is 48.6 Å². The van der Waals surface area contributed by atoms with E-state index in [0.29, 0.717) is 199 Å². The molecule has 0 bridgehead atoms. The molecule has 0 fully saturated rings. The molecule has 6 heterocycles. The molecule has 142 heavy (non-hydrogen) atoms. The number of hydrogen-bond acceptors (Lipinski definition) is 30. The van der Waals surface area contributed by atoms with Gasteiger partial charge in [-0.1, -0.05) is 139 Å². The summed E-state index contributed by atoms with van der Waals surface area (Å²) in [5.41, 5.74) is 11.5. The summed E-state index contributed by atoms with van der Waals surface area (Å²) >= 11 is 23.3. The third-order valence-corrected chi connectivity index (χ3v) is 30.3. The average Bonchev–Trinajstić information content (AvgIpc) is 1.66. The molecular weight excluding hydrogens is 2030 g/mol. The van der Waals surface area contributed by atoms with Crippen LogP contribution in [0.1, 0.15) is 196 Å². The first kappa shape index (κ1) is 115. The molecule has 0 radical (unpaired) electrons. The highest BCUT2D eigenvalue weighted by Crippen LogP contribution is 2.43. The molecule has 6 aromatic heterocycles. The number of benzene rings is 6. The van der Waals surface area contributed by atoms with E-state index < -0.39 is 0 Å². The predicted octanol–water partition coefficient (Wildman–Crippen LogP) is 18.1. The fourth-order valence-electron chi connectivity index (χ4n) is 14.2. The van der Waals surface area contributed by atoms with Crippen molar-refractivity contribution in [3.05, 3.63) is 291 Å². The van der Waals surface area contributed by atoms with Crippen molar-refractivity contribution in [2.75, 3.05) is 131 Å². The number of aliphatic imine (C=N–C) groups is 2. The highest BCUT2D eigenvalue weighted by atomic mass is 79.9. The summed E-state index contributed by atoms with van der Waals surface area (Å²) < 4.78 is 0.950. The number of rotatable bonds is 49. The van der Waals surface area contributed by atoms with E-state index in [1.807, 2.05) is 98.3 Å². The molecule has 0 spiro atoms. The van der Waals surface area contributed by atoms with E-state index in [-0.39, 0.29) is 141 Å². The van der Waals surface area contributed by atoms with E-state index in [1.165, 1.54) is 57.8 Å². The minimum Gasteiger partial charge on any atom is -0.506 e. The van der Waals surface area contributed by atoms with Crippen molar-refractivity contribution in [1.29, 1.82) is 5.41 Å². The zero-order valence-corrected chi connectivity index (χ0v) is 87.9. The number of nitrogens with zero attached hydrogens (tertiary/aromatic N) is 5. The summed E-state index contributed by atoms with van der Waals surface area (Å²) in [5.74, 6) is -0.826. The van der Waals surface area contributed by atoms with Crippen LogP contribution in [0.25, 0.3) is 31.3 Å². The SMILES string of the molecule is CC(=N)c1csc(-c2ccc(C(C)(C)C)cc2)c1O.CC(=NCC(=O)c1ccc(C(=O)CCc2ccc(C(=O)NCCN(CCO)CCO)cc2)s1)c1csc(-c2ccc(Br)cc2)c1O.CC(=NCC(=O)c1ccc(C(=O)CCc2ccc(C(=O)NCCN(CCO)CCO)cc2)s1)c1csc(-c2ccc(Cl)c(Cl)c2)c1O.CC(=O)c1ccc(C(=O)CCc2ccc(C(=O)NCCN(CCO)CCO)cc2)s1. The minimum absolute atomic E-state index is 0.00227. The van der Waals surface area contributed by atoms with Crippen molar-refractivity contribution >= 4 is 177 Å². The van der Waals surface area contributed by atoms with Crippen molar-refractivity contribution in [2.45, 2.75) is 92.4 Å². The number of Topliss-reactive ketones (excluding diaryl/α,β-unsaturated/α-hetero) is 6. The second-order valence-corrected chi connectivity index (χ2v) is 41.4. The number of ketones is 6. The minimum atomic E-state index is -0.226. The lowest BCUT2D eigenvalue weighted by molar-refractivity contribution is 0.0935.